The van der Waals surface area contributed by atoms with Crippen molar-refractivity contribution in [3.63, 3.8) is 0 Å². The number of halogens is 2. The normalized spacial score (nSPS) is 14.9. The molecule has 2 heterocycles. The zero-order chi connectivity index (χ0) is 16.6. The van der Waals surface area contributed by atoms with E-state index >= 15 is 0 Å². The van der Waals surface area contributed by atoms with E-state index < -0.39 is 6.43 Å². The third kappa shape index (κ3) is 3.00. The molecule has 0 bridgehead atoms. The summed E-state index contributed by atoms with van der Waals surface area (Å²) in [6.07, 6.45) is -1.40. The Hall–Kier alpha value is -2.17. The average molecular weight is 317 g/mol. The number of anilines is 2. The molecule has 0 amide bonds. The molecule has 122 valence electrons. The van der Waals surface area contributed by atoms with E-state index in [2.05, 4.69) is 22.9 Å². The minimum atomic E-state index is -2.47. The van der Waals surface area contributed by atoms with E-state index in [1.165, 1.54) is 12.1 Å². The molecule has 23 heavy (non-hydrogen) atoms. The van der Waals surface area contributed by atoms with Gasteiger partial charge in [0.1, 0.15) is 0 Å². The van der Waals surface area contributed by atoms with Gasteiger partial charge in [-0.15, -0.1) is 0 Å². The first-order chi connectivity index (χ1) is 11.0. The number of hydrogen-bond donors (Lipinski definition) is 0. The smallest absolute Gasteiger partial charge is 0.263 e. The summed E-state index contributed by atoms with van der Waals surface area (Å²) < 4.78 is 25.9. The first-order valence-electron chi connectivity index (χ1n) is 7.80. The van der Waals surface area contributed by atoms with E-state index in [1.807, 2.05) is 20.0 Å². The number of rotatable bonds is 2. The molecule has 0 radical (unpaired) electrons. The van der Waals surface area contributed by atoms with Crippen molar-refractivity contribution in [2.45, 2.75) is 19.8 Å². The number of hydrogen-bond acceptors (Lipinski definition) is 3. The van der Waals surface area contributed by atoms with Crippen LogP contribution >= 0.6 is 0 Å². The van der Waals surface area contributed by atoms with Gasteiger partial charge in [0.2, 0.25) is 0 Å². The second-order valence-corrected chi connectivity index (χ2v) is 6.12. The molecule has 0 fully saturated rings. The molecule has 1 aromatic heterocycles. The first-order valence-corrected chi connectivity index (χ1v) is 7.80. The fourth-order valence-corrected chi connectivity index (χ4v) is 3.04. The van der Waals surface area contributed by atoms with Gasteiger partial charge >= 0.3 is 0 Å². The van der Waals surface area contributed by atoms with Crippen LogP contribution in [0.1, 0.15) is 24.0 Å². The third-order valence-electron chi connectivity index (χ3n) is 4.35. The second-order valence-electron chi connectivity index (χ2n) is 6.12. The zero-order valence-electron chi connectivity index (χ0n) is 13.7. The largest absolute Gasteiger partial charge is 0.372 e. The highest BCUT2D eigenvalue weighted by Gasteiger charge is 2.20. The van der Waals surface area contributed by atoms with Gasteiger partial charge in [0.15, 0.2) is 5.82 Å². The number of alkyl halides is 2. The van der Waals surface area contributed by atoms with Crippen LogP contribution in [0.5, 0.6) is 0 Å². The average Bonchev–Trinajstić information content (AvgIpc) is 2.66. The number of aromatic nitrogens is 1. The summed E-state index contributed by atoms with van der Waals surface area (Å²) in [7, 11) is 4.09. The Bertz CT molecular complexity index is 715. The van der Waals surface area contributed by atoms with Gasteiger partial charge in [0.05, 0.1) is 11.4 Å². The van der Waals surface area contributed by atoms with Crippen molar-refractivity contribution in [3.05, 3.63) is 41.5 Å². The van der Waals surface area contributed by atoms with Crippen molar-refractivity contribution < 1.29 is 8.78 Å². The molecule has 2 aromatic rings. The molecule has 0 spiro atoms. The molecule has 3 rings (SSSR count). The molecular formula is C18H21F2N3. The fourth-order valence-electron chi connectivity index (χ4n) is 3.04. The Morgan fingerprint density at radius 3 is 2.57 bits per heavy atom. The van der Waals surface area contributed by atoms with E-state index in [0.29, 0.717) is 0 Å². The topological polar surface area (TPSA) is 19.4 Å². The molecule has 0 N–H and O–H groups in total. The van der Waals surface area contributed by atoms with Crippen LogP contribution in [-0.4, -0.2) is 32.2 Å². The van der Waals surface area contributed by atoms with Crippen LogP contribution in [0.3, 0.4) is 0 Å². The molecule has 0 aliphatic carbocycles. The van der Waals surface area contributed by atoms with Crippen LogP contribution in [0.15, 0.2) is 30.3 Å². The van der Waals surface area contributed by atoms with Crippen LogP contribution in [0, 0.1) is 6.92 Å². The lowest BCUT2D eigenvalue weighted by Gasteiger charge is -2.23. The van der Waals surface area contributed by atoms with Gasteiger partial charge in [-0.1, -0.05) is 18.2 Å². The zero-order valence-corrected chi connectivity index (χ0v) is 13.7. The summed E-state index contributed by atoms with van der Waals surface area (Å²) in [5.74, 6) is 0.910. The minimum Gasteiger partial charge on any atom is -0.372 e. The lowest BCUT2D eigenvalue weighted by molar-refractivity contribution is 0.151. The maximum Gasteiger partial charge on any atom is 0.263 e. The lowest BCUT2D eigenvalue weighted by Crippen LogP contribution is -2.19. The predicted octanol–water partition coefficient (Wildman–Crippen LogP) is 4.27. The van der Waals surface area contributed by atoms with Gasteiger partial charge in [0.25, 0.3) is 6.43 Å². The van der Waals surface area contributed by atoms with Gasteiger partial charge < -0.3 is 9.80 Å². The van der Waals surface area contributed by atoms with E-state index in [1.54, 1.807) is 6.07 Å². The standard InChI is InChI=1S/C18H21F2N3/c1-12-10-15-18(23(3)9-5-8-22(15)2)21-16(12)13-6-4-7-14(11-13)17(19)20/h4,6-7,10-11,17H,5,8-9H2,1-3H3. The molecule has 0 atom stereocenters. The fraction of sp³-hybridized carbons (Fsp3) is 0.389. The van der Waals surface area contributed by atoms with Gasteiger partial charge in [-0.3, -0.25) is 0 Å². The molecule has 5 heteroatoms. The number of pyridine rings is 1. The number of nitrogens with zero attached hydrogens (tertiary/aromatic N) is 3. The lowest BCUT2D eigenvalue weighted by atomic mass is 10.0. The van der Waals surface area contributed by atoms with Crippen molar-refractivity contribution in [2.24, 2.45) is 0 Å². The van der Waals surface area contributed by atoms with E-state index in [9.17, 15) is 8.78 Å². The van der Waals surface area contributed by atoms with Crippen LogP contribution in [-0.2, 0) is 0 Å². The molecule has 1 aliphatic heterocycles. The maximum absolute atomic E-state index is 13.0. The highest BCUT2D eigenvalue weighted by molar-refractivity contribution is 5.75. The molecule has 0 saturated carbocycles. The Labute approximate surface area is 135 Å². The summed E-state index contributed by atoms with van der Waals surface area (Å²) in [6, 6.07) is 8.60. The summed E-state index contributed by atoms with van der Waals surface area (Å²) in [5.41, 5.74) is 3.63. The summed E-state index contributed by atoms with van der Waals surface area (Å²) in [4.78, 5) is 9.16. The Kier molecular flexibility index (Phi) is 4.20. The summed E-state index contributed by atoms with van der Waals surface area (Å²) in [6.45, 7) is 3.90. The number of benzene rings is 1. The highest BCUT2D eigenvalue weighted by Crippen LogP contribution is 2.35. The van der Waals surface area contributed by atoms with Crippen molar-refractivity contribution >= 4 is 11.5 Å². The second kappa shape index (κ2) is 6.14. The van der Waals surface area contributed by atoms with Crippen molar-refractivity contribution in [1.82, 2.24) is 4.98 Å². The molecular weight excluding hydrogens is 296 g/mol. The highest BCUT2D eigenvalue weighted by atomic mass is 19.3. The van der Waals surface area contributed by atoms with E-state index in [0.717, 1.165) is 47.8 Å². The third-order valence-corrected chi connectivity index (χ3v) is 4.35. The maximum atomic E-state index is 13.0. The summed E-state index contributed by atoms with van der Waals surface area (Å²) >= 11 is 0. The van der Waals surface area contributed by atoms with E-state index in [4.69, 9.17) is 4.98 Å². The minimum absolute atomic E-state index is 0.0316. The molecule has 1 aromatic carbocycles. The van der Waals surface area contributed by atoms with Crippen molar-refractivity contribution in [2.75, 3.05) is 37.0 Å². The quantitative estimate of drug-likeness (QED) is 0.824. The SMILES string of the molecule is Cc1cc2c(nc1-c1cccc(C(F)F)c1)N(C)CCCN2C. The van der Waals surface area contributed by atoms with Gasteiger partial charge in [-0.2, -0.15) is 0 Å². The van der Waals surface area contributed by atoms with Gasteiger partial charge in [0, 0.05) is 38.3 Å². The van der Waals surface area contributed by atoms with Crippen LogP contribution < -0.4 is 9.80 Å². The van der Waals surface area contributed by atoms with Crippen molar-refractivity contribution in [1.29, 1.82) is 0 Å². The molecule has 0 unspecified atom stereocenters. The monoisotopic (exact) mass is 317 g/mol. The molecule has 1 aliphatic rings. The summed E-state index contributed by atoms with van der Waals surface area (Å²) in [5, 5.41) is 0. The predicted molar refractivity (Wildman–Crippen MR) is 90.5 cm³/mol. The molecule has 0 saturated heterocycles. The first kappa shape index (κ1) is 15.7. The van der Waals surface area contributed by atoms with Crippen LogP contribution in [0.2, 0.25) is 0 Å². The van der Waals surface area contributed by atoms with Gasteiger partial charge in [-0.25, -0.2) is 13.8 Å². The Morgan fingerprint density at radius 2 is 1.83 bits per heavy atom. The van der Waals surface area contributed by atoms with Crippen LogP contribution in [0.25, 0.3) is 11.3 Å². The van der Waals surface area contributed by atoms with Gasteiger partial charge in [-0.05, 0) is 31.0 Å². The molecule has 3 nitrogen and oxygen atoms in total. The van der Waals surface area contributed by atoms with Crippen molar-refractivity contribution in [3.8, 4) is 11.3 Å². The number of aryl methyl sites for hydroxylation is 1. The van der Waals surface area contributed by atoms with E-state index in [-0.39, 0.29) is 5.56 Å². The number of fused-ring (bicyclic) bond motifs is 1. The Balaban J connectivity index is 2.12. The van der Waals surface area contributed by atoms with Crippen LogP contribution in [0.4, 0.5) is 20.3 Å². The Morgan fingerprint density at radius 1 is 1.09 bits per heavy atom.